The number of nitrogens with zero attached hydrogens (tertiary/aromatic N) is 2. The Labute approximate surface area is 132 Å². The van der Waals surface area contributed by atoms with Crippen molar-refractivity contribution in [1.29, 1.82) is 0 Å². The summed E-state index contributed by atoms with van der Waals surface area (Å²) in [6, 6.07) is 0. The van der Waals surface area contributed by atoms with Crippen LogP contribution in [0.2, 0.25) is 0 Å². The van der Waals surface area contributed by atoms with Crippen molar-refractivity contribution < 1.29 is 9.85 Å². The van der Waals surface area contributed by atoms with Gasteiger partial charge in [0.15, 0.2) is 0 Å². The summed E-state index contributed by atoms with van der Waals surface area (Å²) in [6.45, 7) is 0. The molecule has 0 aromatic carbocycles. The van der Waals surface area contributed by atoms with E-state index in [2.05, 4.69) is 31.9 Å². The van der Waals surface area contributed by atoms with Gasteiger partial charge in [0.05, 0.1) is 0 Å². The van der Waals surface area contributed by atoms with Crippen molar-refractivity contribution in [3.8, 4) is 0 Å². The van der Waals surface area contributed by atoms with E-state index in [1.54, 1.807) is 0 Å². The normalized spacial score (nSPS) is 58.9. The maximum Gasteiger partial charge on any atom is 0.280 e. The second-order valence-electron chi connectivity index (χ2n) is 6.70. The molecule has 4 aliphatic rings. The molecule has 2 unspecified atom stereocenters. The first kappa shape index (κ1) is 13.4. The molecule has 0 spiro atoms. The Kier molecular flexibility index (Phi) is 2.51. The van der Waals surface area contributed by atoms with Crippen LogP contribution in [-0.2, 0) is 0 Å². The zero-order valence-electron chi connectivity index (χ0n) is 10.6. The minimum absolute atomic E-state index is 0.0559. The van der Waals surface area contributed by atoms with E-state index in [4.69, 9.17) is 0 Å². The van der Waals surface area contributed by atoms with E-state index in [1.807, 2.05) is 0 Å². The van der Waals surface area contributed by atoms with E-state index in [-0.39, 0.29) is 45.4 Å². The number of halogens is 2. The number of hydrogen-bond donors (Lipinski definition) is 0. The molecule has 6 nitrogen and oxygen atoms in total. The van der Waals surface area contributed by atoms with E-state index in [9.17, 15) is 20.2 Å². The third kappa shape index (κ3) is 1.15. The van der Waals surface area contributed by atoms with Gasteiger partial charge in [-0.25, -0.2) is 0 Å². The molecule has 0 N–H and O–H groups in total. The van der Waals surface area contributed by atoms with Gasteiger partial charge in [0, 0.05) is 65.4 Å². The van der Waals surface area contributed by atoms with E-state index >= 15 is 0 Å². The monoisotopic (exact) mass is 408 g/mol. The third-order valence-electron chi connectivity index (χ3n) is 6.52. The Morgan fingerprint density at radius 3 is 1.20 bits per heavy atom. The zero-order chi connectivity index (χ0) is 14.4. The Hall–Kier alpha value is -0.240. The molecule has 0 heterocycles. The summed E-state index contributed by atoms with van der Waals surface area (Å²) >= 11 is 6.93. The topological polar surface area (TPSA) is 86.3 Å². The summed E-state index contributed by atoms with van der Waals surface area (Å²) in [5.41, 5.74) is 0. The second kappa shape index (κ2) is 3.74. The second-order valence-corrected chi connectivity index (χ2v) is 9.25. The molecule has 110 valence electrons. The van der Waals surface area contributed by atoms with Gasteiger partial charge >= 0.3 is 0 Å². The van der Waals surface area contributed by atoms with Gasteiger partial charge in [-0.15, -0.1) is 0 Å². The molecule has 0 aliphatic heterocycles. The highest BCUT2D eigenvalue weighted by molar-refractivity contribution is 9.10. The van der Waals surface area contributed by atoms with Crippen molar-refractivity contribution in [1.82, 2.24) is 0 Å². The largest absolute Gasteiger partial charge is 0.280 e. The predicted octanol–water partition coefficient (Wildman–Crippen LogP) is 3.03. The van der Waals surface area contributed by atoms with Gasteiger partial charge in [0.1, 0.15) is 0 Å². The smallest absolute Gasteiger partial charge is 0.263 e. The zero-order valence-corrected chi connectivity index (χ0v) is 13.7. The lowest BCUT2D eigenvalue weighted by Crippen LogP contribution is -2.44. The number of rotatable bonds is 2. The molecule has 0 aromatic rings. The van der Waals surface area contributed by atoms with Crippen LogP contribution < -0.4 is 0 Å². The number of hydrogen-bond acceptors (Lipinski definition) is 4. The van der Waals surface area contributed by atoms with Crippen molar-refractivity contribution in [2.45, 2.75) is 34.6 Å². The average Bonchev–Trinajstić information content (AvgIpc) is 3.05. The maximum atomic E-state index is 11.6. The first-order valence-corrected chi connectivity index (χ1v) is 8.60. The lowest BCUT2D eigenvalue weighted by Gasteiger charge is -2.26. The van der Waals surface area contributed by atoms with Crippen LogP contribution in [0.5, 0.6) is 0 Å². The van der Waals surface area contributed by atoms with Crippen LogP contribution in [0, 0.1) is 55.7 Å². The van der Waals surface area contributed by atoms with Gasteiger partial charge in [0.2, 0.25) is 0 Å². The summed E-state index contributed by atoms with van der Waals surface area (Å²) in [5, 5.41) is 23.3. The van der Waals surface area contributed by atoms with Gasteiger partial charge in [-0.2, -0.15) is 0 Å². The Balaban J connectivity index is 1.86. The van der Waals surface area contributed by atoms with Crippen LogP contribution in [0.15, 0.2) is 0 Å². The van der Waals surface area contributed by atoms with Crippen molar-refractivity contribution in [3.63, 3.8) is 0 Å². The van der Waals surface area contributed by atoms with Gasteiger partial charge in [-0.05, 0) is 37.5 Å². The van der Waals surface area contributed by atoms with E-state index < -0.39 is 8.90 Å². The molecule has 0 saturated heterocycles. The molecule has 6 atom stereocenters. The molecule has 4 fully saturated rings. The summed E-state index contributed by atoms with van der Waals surface area (Å²) in [6.07, 6.45) is 2.90. The van der Waals surface area contributed by atoms with Gasteiger partial charge in [-0.1, -0.05) is 0 Å². The Morgan fingerprint density at radius 2 is 1.00 bits per heavy atom. The SMILES string of the molecule is O=[N+]([O-])C1(Br)[C@@H]2CC[C@@H]3C2C2[C@@H]1CC[C@@H]2C3(Br)[N+](=O)[O-]. The minimum atomic E-state index is -1.04. The highest BCUT2D eigenvalue weighted by Crippen LogP contribution is 2.76. The summed E-state index contributed by atoms with van der Waals surface area (Å²) in [5.74, 6) is 0.0304. The lowest BCUT2D eigenvalue weighted by atomic mass is 9.90. The van der Waals surface area contributed by atoms with Crippen LogP contribution in [0.1, 0.15) is 25.7 Å². The van der Waals surface area contributed by atoms with Crippen LogP contribution in [0.25, 0.3) is 0 Å². The summed E-state index contributed by atoms with van der Waals surface area (Å²) in [4.78, 5) is 23.0. The average molecular weight is 410 g/mol. The van der Waals surface area contributed by atoms with Gasteiger partial charge < -0.3 is 0 Å². The number of nitro groups is 2. The molecular formula is C12H14Br2N2O4. The summed E-state index contributed by atoms with van der Waals surface area (Å²) in [7, 11) is 0. The third-order valence-corrected chi connectivity index (χ3v) is 9.45. The van der Waals surface area contributed by atoms with Crippen LogP contribution >= 0.6 is 31.9 Å². The molecule has 4 aliphatic carbocycles. The van der Waals surface area contributed by atoms with Crippen LogP contribution in [0.4, 0.5) is 0 Å². The molecule has 8 heteroatoms. The van der Waals surface area contributed by atoms with Crippen molar-refractivity contribution >= 4 is 31.9 Å². The molecule has 0 bridgehead atoms. The molecule has 4 rings (SSSR count). The minimum Gasteiger partial charge on any atom is -0.263 e. The molecule has 20 heavy (non-hydrogen) atoms. The maximum absolute atomic E-state index is 11.6. The van der Waals surface area contributed by atoms with E-state index in [0.717, 1.165) is 25.7 Å². The van der Waals surface area contributed by atoms with Crippen LogP contribution in [0.3, 0.4) is 0 Å². The van der Waals surface area contributed by atoms with Gasteiger partial charge in [-0.3, -0.25) is 20.2 Å². The standard InChI is InChI=1S/C12H14Br2N2O4/c13-11(15(17)18)5-1-2-6-9(5)10-7(11)3-4-8(10)12(6,14)16(19)20/h5-10H,1-4H2/t5-,6-,7+,8+,9?,10?,11?,12?. The first-order chi connectivity index (χ1) is 9.34. The van der Waals surface area contributed by atoms with E-state index in [0.29, 0.717) is 0 Å². The summed E-state index contributed by atoms with van der Waals surface area (Å²) < 4.78 is -2.09. The molecular weight excluding hydrogens is 396 g/mol. The molecule has 0 aromatic heterocycles. The predicted molar refractivity (Wildman–Crippen MR) is 76.7 cm³/mol. The highest BCUT2D eigenvalue weighted by atomic mass is 79.9. The van der Waals surface area contributed by atoms with Gasteiger partial charge in [0.25, 0.3) is 8.90 Å². The quantitative estimate of drug-likeness (QED) is 0.303. The van der Waals surface area contributed by atoms with Crippen molar-refractivity contribution in [2.24, 2.45) is 35.5 Å². The number of alkyl halides is 2. The fourth-order valence-corrected chi connectivity index (χ4v) is 8.24. The molecule has 0 radical (unpaired) electrons. The van der Waals surface area contributed by atoms with E-state index in [1.165, 1.54) is 0 Å². The van der Waals surface area contributed by atoms with Crippen molar-refractivity contribution in [2.75, 3.05) is 0 Å². The highest BCUT2D eigenvalue weighted by Gasteiger charge is 2.83. The van der Waals surface area contributed by atoms with Crippen LogP contribution in [-0.4, -0.2) is 18.7 Å². The lowest BCUT2D eigenvalue weighted by molar-refractivity contribution is -0.557. The van der Waals surface area contributed by atoms with Crippen molar-refractivity contribution in [3.05, 3.63) is 20.2 Å². The Morgan fingerprint density at radius 1 is 0.750 bits per heavy atom. The molecule has 0 amide bonds. The Bertz CT molecular complexity index is 458. The first-order valence-electron chi connectivity index (χ1n) is 7.01. The molecule has 4 saturated carbocycles. The fourth-order valence-electron chi connectivity index (χ4n) is 6.10. The fraction of sp³-hybridized carbons (Fsp3) is 1.00.